The number of hydrogen-bond acceptors (Lipinski definition) is 7. The second-order valence-corrected chi connectivity index (χ2v) is 10.3. The molecule has 1 N–H and O–H groups in total. The molecule has 37 heavy (non-hydrogen) atoms. The van der Waals surface area contributed by atoms with Gasteiger partial charge in [-0.15, -0.1) is 11.8 Å². The average Bonchev–Trinajstić information content (AvgIpc) is 3.40. The molecule has 4 rings (SSSR count). The van der Waals surface area contributed by atoms with Crippen molar-refractivity contribution < 1.29 is 28.2 Å². The third-order valence-electron chi connectivity index (χ3n) is 5.97. The van der Waals surface area contributed by atoms with E-state index in [1.807, 2.05) is 30.4 Å². The van der Waals surface area contributed by atoms with Gasteiger partial charge in [0.15, 0.2) is 6.29 Å². The van der Waals surface area contributed by atoms with Crippen LogP contribution in [0, 0.1) is 11.6 Å². The number of ether oxygens (including phenoxy) is 2. The molecule has 1 aliphatic heterocycles. The summed E-state index contributed by atoms with van der Waals surface area (Å²) in [4.78, 5) is 14.6. The summed E-state index contributed by atoms with van der Waals surface area (Å²) in [5, 5.41) is 15.1. The molecule has 3 aromatic rings. The molecular weight excluding hydrogens is 500 g/mol. The van der Waals surface area contributed by atoms with E-state index in [2.05, 4.69) is 10.1 Å². The smallest absolute Gasteiger partial charge is 0.177 e. The first kappa shape index (κ1) is 26.9. The number of thioether (sulfide) groups is 1. The summed E-state index contributed by atoms with van der Waals surface area (Å²) < 4.78 is 41.3. The van der Waals surface area contributed by atoms with Crippen LogP contribution in [-0.4, -0.2) is 56.2 Å². The lowest BCUT2D eigenvalue weighted by Crippen LogP contribution is -2.43. The molecule has 0 unspecified atom stereocenters. The number of carbonyl (C=O) groups excluding carboxylic acids is 1. The highest BCUT2D eigenvalue weighted by molar-refractivity contribution is 8.00. The summed E-state index contributed by atoms with van der Waals surface area (Å²) >= 11 is 1.40. The molecule has 10 heteroatoms. The monoisotopic (exact) mass is 527 g/mol. The van der Waals surface area contributed by atoms with E-state index in [9.17, 15) is 18.7 Å². The highest BCUT2D eigenvalue weighted by Gasteiger charge is 2.41. The summed E-state index contributed by atoms with van der Waals surface area (Å²) in [5.74, 6) is -1.55. The van der Waals surface area contributed by atoms with E-state index in [-0.39, 0.29) is 17.4 Å². The number of allylic oxidation sites excluding steroid dienone is 2. The van der Waals surface area contributed by atoms with Crippen molar-refractivity contribution in [2.24, 2.45) is 0 Å². The Labute approximate surface area is 217 Å². The van der Waals surface area contributed by atoms with E-state index in [0.29, 0.717) is 18.8 Å². The number of hydrogen-bond donors (Lipinski definition) is 1. The van der Waals surface area contributed by atoms with Crippen LogP contribution >= 0.6 is 11.8 Å². The first-order chi connectivity index (χ1) is 17.9. The van der Waals surface area contributed by atoms with Crippen molar-refractivity contribution in [1.82, 2.24) is 14.8 Å². The van der Waals surface area contributed by atoms with E-state index >= 15 is 0 Å². The maximum absolute atomic E-state index is 14.7. The molecule has 1 fully saturated rings. The van der Waals surface area contributed by atoms with Gasteiger partial charge in [-0.1, -0.05) is 55.5 Å². The van der Waals surface area contributed by atoms with Crippen molar-refractivity contribution in [3.05, 3.63) is 102 Å². The van der Waals surface area contributed by atoms with Crippen LogP contribution < -0.4 is 0 Å². The van der Waals surface area contributed by atoms with Crippen LogP contribution in [0.3, 0.4) is 0 Å². The predicted molar refractivity (Wildman–Crippen MR) is 137 cm³/mol. The van der Waals surface area contributed by atoms with Gasteiger partial charge in [-0.05, 0) is 17.7 Å². The van der Waals surface area contributed by atoms with Crippen LogP contribution in [-0.2, 0) is 21.6 Å². The lowest BCUT2D eigenvalue weighted by molar-refractivity contribution is -0.146. The standard InChI is InChI=1S/C27H27F2N3O4S/c1-19(27(34,16-32-18-30-17-31-32)24-11-10-22(28)12-25(24)29)37-23-14-35-26(36-15-23)5-3-2-4-20-6-8-21(13-33)9-7-20/h2-13,17-19,23,26,34H,14-16H2,1H3/b4-2+,5-3+/t19-,23?,26?,27-/m1/s1. The van der Waals surface area contributed by atoms with Gasteiger partial charge in [-0.2, -0.15) is 5.10 Å². The maximum atomic E-state index is 14.7. The lowest BCUT2D eigenvalue weighted by Gasteiger charge is -2.37. The van der Waals surface area contributed by atoms with Crippen molar-refractivity contribution in [2.45, 2.75) is 35.9 Å². The summed E-state index contributed by atoms with van der Waals surface area (Å²) in [6, 6.07) is 10.4. The second-order valence-electron chi connectivity index (χ2n) is 8.61. The summed E-state index contributed by atoms with van der Waals surface area (Å²) in [5.41, 5.74) is -0.127. The Balaban J connectivity index is 1.35. The highest BCUT2D eigenvalue weighted by Crippen LogP contribution is 2.38. The number of aromatic nitrogens is 3. The van der Waals surface area contributed by atoms with Crippen molar-refractivity contribution in [1.29, 1.82) is 0 Å². The first-order valence-electron chi connectivity index (χ1n) is 11.7. The van der Waals surface area contributed by atoms with Crippen LogP contribution in [0.25, 0.3) is 6.08 Å². The number of rotatable bonds is 10. The van der Waals surface area contributed by atoms with Gasteiger partial charge < -0.3 is 14.6 Å². The Hall–Kier alpha value is -3.18. The van der Waals surface area contributed by atoms with E-state index in [4.69, 9.17) is 9.47 Å². The van der Waals surface area contributed by atoms with E-state index < -0.39 is 28.8 Å². The maximum Gasteiger partial charge on any atom is 0.177 e. The van der Waals surface area contributed by atoms with E-state index in [1.165, 1.54) is 35.2 Å². The molecular formula is C27H27F2N3O4S. The Morgan fingerprint density at radius 1 is 1.16 bits per heavy atom. The van der Waals surface area contributed by atoms with Gasteiger partial charge >= 0.3 is 0 Å². The minimum absolute atomic E-state index is 0.0181. The minimum Gasteiger partial charge on any atom is -0.382 e. The molecule has 0 spiro atoms. The Kier molecular flexibility index (Phi) is 8.99. The number of aliphatic hydroxyl groups is 1. The molecule has 2 atom stereocenters. The molecule has 0 radical (unpaired) electrons. The largest absolute Gasteiger partial charge is 0.382 e. The zero-order valence-electron chi connectivity index (χ0n) is 20.1. The number of carbonyl (C=O) groups is 1. The third kappa shape index (κ3) is 6.98. The molecule has 7 nitrogen and oxygen atoms in total. The van der Waals surface area contributed by atoms with Gasteiger partial charge in [-0.3, -0.25) is 4.79 Å². The quantitative estimate of drug-likeness (QED) is 0.309. The first-order valence-corrected chi connectivity index (χ1v) is 12.6. The summed E-state index contributed by atoms with van der Waals surface area (Å²) in [6.07, 6.45) is 10.4. The molecule has 1 saturated heterocycles. The van der Waals surface area contributed by atoms with Gasteiger partial charge in [0.05, 0.1) is 25.0 Å². The fraction of sp³-hybridized carbons (Fsp3) is 0.296. The molecule has 2 aromatic carbocycles. The van der Waals surface area contributed by atoms with Crippen LogP contribution in [0.1, 0.15) is 28.4 Å². The Morgan fingerprint density at radius 3 is 2.54 bits per heavy atom. The lowest BCUT2D eigenvalue weighted by atomic mass is 9.90. The van der Waals surface area contributed by atoms with Crippen LogP contribution in [0.15, 0.2) is 73.3 Å². The molecule has 1 aromatic heterocycles. The molecule has 194 valence electrons. The van der Waals surface area contributed by atoms with Crippen LogP contribution in [0.2, 0.25) is 0 Å². The molecule has 0 amide bonds. The molecule has 0 saturated carbocycles. The van der Waals surface area contributed by atoms with Gasteiger partial charge in [0.2, 0.25) is 0 Å². The minimum atomic E-state index is -1.69. The van der Waals surface area contributed by atoms with E-state index in [1.54, 1.807) is 25.1 Å². The summed E-state index contributed by atoms with van der Waals surface area (Å²) in [6.45, 7) is 2.45. The molecule has 0 bridgehead atoms. The Bertz CT molecular complexity index is 1230. The molecule has 2 heterocycles. The normalized spacial score (nSPS) is 20.8. The van der Waals surface area contributed by atoms with Gasteiger partial charge in [0.1, 0.15) is 36.2 Å². The fourth-order valence-electron chi connectivity index (χ4n) is 3.93. The summed E-state index contributed by atoms with van der Waals surface area (Å²) in [7, 11) is 0. The van der Waals surface area contributed by atoms with Gasteiger partial charge in [0.25, 0.3) is 0 Å². The number of halogens is 2. The predicted octanol–water partition coefficient (Wildman–Crippen LogP) is 4.39. The topological polar surface area (TPSA) is 86.5 Å². The zero-order chi connectivity index (χ0) is 26.3. The van der Waals surface area contributed by atoms with Crippen LogP contribution in [0.5, 0.6) is 0 Å². The van der Waals surface area contributed by atoms with Gasteiger partial charge in [-0.25, -0.2) is 18.4 Å². The van der Waals surface area contributed by atoms with Crippen LogP contribution in [0.4, 0.5) is 8.78 Å². The van der Waals surface area contributed by atoms with Crippen molar-refractivity contribution in [2.75, 3.05) is 13.2 Å². The van der Waals surface area contributed by atoms with Crippen molar-refractivity contribution in [3.63, 3.8) is 0 Å². The third-order valence-corrected chi connectivity index (χ3v) is 7.42. The Morgan fingerprint density at radius 2 is 1.89 bits per heavy atom. The van der Waals surface area contributed by atoms with Crippen molar-refractivity contribution >= 4 is 24.1 Å². The zero-order valence-corrected chi connectivity index (χ0v) is 20.9. The van der Waals surface area contributed by atoms with Gasteiger partial charge in [0, 0.05) is 22.4 Å². The van der Waals surface area contributed by atoms with E-state index in [0.717, 1.165) is 24.0 Å². The SMILES string of the molecule is C[C@@H](SC1COC(/C=C/C=C/c2ccc(C=O)cc2)OC1)[C@](O)(Cn1cncn1)c1ccc(F)cc1F. The fourth-order valence-corrected chi connectivity index (χ4v) is 5.25. The number of aldehydes is 1. The number of nitrogens with zero attached hydrogens (tertiary/aromatic N) is 3. The molecule has 1 aliphatic rings. The average molecular weight is 528 g/mol. The highest BCUT2D eigenvalue weighted by atomic mass is 32.2. The number of benzene rings is 2. The second kappa shape index (κ2) is 12.4. The molecule has 0 aliphatic carbocycles. The van der Waals surface area contributed by atoms with Crippen molar-refractivity contribution in [3.8, 4) is 0 Å².